The van der Waals surface area contributed by atoms with E-state index in [-0.39, 0.29) is 5.78 Å². The topological polar surface area (TPSA) is 30.0 Å². The lowest BCUT2D eigenvalue weighted by Crippen LogP contribution is -2.02. The molecule has 0 fully saturated rings. The van der Waals surface area contributed by atoms with Gasteiger partial charge in [-0.25, -0.2) is 0 Å². The van der Waals surface area contributed by atoms with Gasteiger partial charge in [-0.2, -0.15) is 0 Å². The molecule has 92 valence electrons. The number of Topliss-reactive ketones (excluding diaryl/α,β-unsaturated/α-hetero) is 1. The van der Waals surface area contributed by atoms with E-state index in [9.17, 15) is 4.79 Å². The van der Waals surface area contributed by atoms with E-state index in [1.54, 1.807) is 13.1 Å². The van der Waals surface area contributed by atoms with E-state index < -0.39 is 0 Å². The Balaban J connectivity index is 2.32. The fourth-order valence-electron chi connectivity index (χ4n) is 1.92. The van der Waals surface area contributed by atoms with Gasteiger partial charge in [-0.1, -0.05) is 23.7 Å². The Morgan fingerprint density at radius 2 is 1.89 bits per heavy atom. The van der Waals surface area contributed by atoms with Crippen LogP contribution in [0, 0.1) is 6.92 Å². The third-order valence-electron chi connectivity index (χ3n) is 3.01. The molecule has 0 aliphatic carbocycles. The Kier molecular flexibility index (Phi) is 3.78. The minimum Gasteiger partial charge on any atom is -0.294 e. The third kappa shape index (κ3) is 2.77. The van der Waals surface area contributed by atoms with Gasteiger partial charge in [-0.15, -0.1) is 0 Å². The number of pyridine rings is 1. The molecule has 1 heterocycles. The highest BCUT2D eigenvalue weighted by molar-refractivity contribution is 6.30. The lowest BCUT2D eigenvalue weighted by atomic mass is 9.98. The first kappa shape index (κ1) is 12.8. The van der Waals surface area contributed by atoms with Crippen LogP contribution in [0.3, 0.4) is 0 Å². The molecule has 0 radical (unpaired) electrons. The van der Waals surface area contributed by atoms with Crippen molar-refractivity contribution < 1.29 is 4.79 Å². The molecule has 0 saturated carbocycles. The van der Waals surface area contributed by atoms with E-state index in [4.69, 9.17) is 11.6 Å². The maximum absolute atomic E-state index is 11.5. The SMILES string of the molecule is CC(=O)c1cncc(Cc2ccc(Cl)cc2)c1C. The molecule has 0 unspecified atom stereocenters. The van der Waals surface area contributed by atoms with Crippen LogP contribution in [0.4, 0.5) is 0 Å². The minimum absolute atomic E-state index is 0.0537. The van der Waals surface area contributed by atoms with E-state index in [0.717, 1.165) is 28.1 Å². The van der Waals surface area contributed by atoms with Crippen molar-refractivity contribution in [1.82, 2.24) is 4.98 Å². The average molecular weight is 260 g/mol. The molecule has 2 aromatic rings. The summed E-state index contributed by atoms with van der Waals surface area (Å²) < 4.78 is 0. The number of halogens is 1. The van der Waals surface area contributed by atoms with E-state index in [2.05, 4.69) is 4.98 Å². The molecular weight excluding hydrogens is 246 g/mol. The van der Waals surface area contributed by atoms with Crippen molar-refractivity contribution in [3.8, 4) is 0 Å². The number of rotatable bonds is 3. The summed E-state index contributed by atoms with van der Waals surface area (Å²) in [7, 11) is 0. The molecule has 2 rings (SSSR count). The normalized spacial score (nSPS) is 10.4. The first-order chi connectivity index (χ1) is 8.58. The lowest BCUT2D eigenvalue weighted by molar-refractivity contribution is 0.101. The van der Waals surface area contributed by atoms with Gasteiger partial charge < -0.3 is 0 Å². The summed E-state index contributed by atoms with van der Waals surface area (Å²) in [6.45, 7) is 3.53. The number of carbonyl (C=O) groups excluding carboxylic acids is 1. The van der Waals surface area contributed by atoms with Gasteiger partial charge >= 0.3 is 0 Å². The third-order valence-corrected chi connectivity index (χ3v) is 3.26. The van der Waals surface area contributed by atoms with Gasteiger partial charge in [0.2, 0.25) is 0 Å². The Hall–Kier alpha value is -1.67. The molecular formula is C15H14ClNO. The monoisotopic (exact) mass is 259 g/mol. The van der Waals surface area contributed by atoms with Crippen molar-refractivity contribution in [2.45, 2.75) is 20.3 Å². The smallest absolute Gasteiger partial charge is 0.161 e. The molecule has 0 atom stereocenters. The highest BCUT2D eigenvalue weighted by atomic mass is 35.5. The molecule has 0 spiro atoms. The quantitative estimate of drug-likeness (QED) is 0.784. The van der Waals surface area contributed by atoms with Crippen LogP contribution in [0.1, 0.15) is 34.0 Å². The Morgan fingerprint density at radius 3 is 2.50 bits per heavy atom. The van der Waals surface area contributed by atoms with Gasteiger partial charge in [-0.05, 0) is 49.1 Å². The zero-order valence-electron chi connectivity index (χ0n) is 10.4. The number of aromatic nitrogens is 1. The van der Waals surface area contributed by atoms with Gasteiger partial charge in [0, 0.05) is 23.0 Å². The number of carbonyl (C=O) groups is 1. The average Bonchev–Trinajstić information content (AvgIpc) is 2.34. The predicted octanol–water partition coefficient (Wildman–Crippen LogP) is 3.84. The summed E-state index contributed by atoms with van der Waals surface area (Å²) in [6.07, 6.45) is 4.20. The number of hydrogen-bond acceptors (Lipinski definition) is 2. The van der Waals surface area contributed by atoms with Gasteiger partial charge in [0.05, 0.1) is 0 Å². The van der Waals surface area contributed by atoms with Crippen LogP contribution in [-0.4, -0.2) is 10.8 Å². The largest absolute Gasteiger partial charge is 0.294 e. The van der Waals surface area contributed by atoms with Crippen LogP contribution in [0.2, 0.25) is 5.02 Å². The molecule has 1 aromatic carbocycles. The number of benzene rings is 1. The highest BCUT2D eigenvalue weighted by Gasteiger charge is 2.08. The van der Waals surface area contributed by atoms with E-state index in [1.807, 2.05) is 37.4 Å². The second-order valence-electron chi connectivity index (χ2n) is 4.33. The van der Waals surface area contributed by atoms with Gasteiger partial charge in [0.15, 0.2) is 5.78 Å². The molecule has 18 heavy (non-hydrogen) atoms. The molecule has 0 bridgehead atoms. The standard InChI is InChI=1S/C15H14ClNO/c1-10-13(8-17-9-15(10)11(2)18)7-12-3-5-14(16)6-4-12/h3-6,8-9H,7H2,1-2H3. The summed E-state index contributed by atoms with van der Waals surface area (Å²) in [5.41, 5.74) is 3.93. The zero-order valence-corrected chi connectivity index (χ0v) is 11.2. The number of nitrogens with zero attached hydrogens (tertiary/aromatic N) is 1. The molecule has 1 aromatic heterocycles. The van der Waals surface area contributed by atoms with Crippen LogP contribution >= 0.6 is 11.6 Å². The van der Waals surface area contributed by atoms with Crippen molar-refractivity contribution in [2.24, 2.45) is 0 Å². The van der Waals surface area contributed by atoms with Crippen LogP contribution < -0.4 is 0 Å². The van der Waals surface area contributed by atoms with E-state index in [0.29, 0.717) is 5.56 Å². The highest BCUT2D eigenvalue weighted by Crippen LogP contribution is 2.18. The summed E-state index contributed by atoms with van der Waals surface area (Å²) in [6, 6.07) is 7.72. The molecule has 0 saturated heterocycles. The van der Waals surface area contributed by atoms with Crippen molar-refractivity contribution in [3.05, 3.63) is 63.9 Å². The van der Waals surface area contributed by atoms with Crippen LogP contribution in [-0.2, 0) is 6.42 Å². The number of hydrogen-bond donors (Lipinski definition) is 0. The Bertz CT molecular complexity index is 576. The Morgan fingerprint density at radius 1 is 1.22 bits per heavy atom. The summed E-state index contributed by atoms with van der Waals surface area (Å²) in [5.74, 6) is 0.0537. The summed E-state index contributed by atoms with van der Waals surface area (Å²) in [5, 5.41) is 0.728. The van der Waals surface area contributed by atoms with Crippen molar-refractivity contribution in [2.75, 3.05) is 0 Å². The van der Waals surface area contributed by atoms with Gasteiger partial charge in [0.25, 0.3) is 0 Å². The van der Waals surface area contributed by atoms with E-state index >= 15 is 0 Å². The van der Waals surface area contributed by atoms with Crippen LogP contribution in [0.5, 0.6) is 0 Å². The second kappa shape index (κ2) is 5.32. The lowest BCUT2D eigenvalue weighted by Gasteiger charge is -2.08. The van der Waals surface area contributed by atoms with E-state index in [1.165, 1.54) is 0 Å². The fraction of sp³-hybridized carbons (Fsp3) is 0.200. The Labute approximate surface area is 112 Å². The van der Waals surface area contributed by atoms with Crippen molar-refractivity contribution in [1.29, 1.82) is 0 Å². The van der Waals surface area contributed by atoms with Crippen LogP contribution in [0.25, 0.3) is 0 Å². The molecule has 0 aliphatic heterocycles. The molecule has 2 nitrogen and oxygen atoms in total. The predicted molar refractivity (Wildman–Crippen MR) is 73.2 cm³/mol. The van der Waals surface area contributed by atoms with Crippen molar-refractivity contribution in [3.63, 3.8) is 0 Å². The first-order valence-electron chi connectivity index (χ1n) is 5.77. The van der Waals surface area contributed by atoms with Gasteiger partial charge in [0.1, 0.15) is 0 Å². The molecule has 3 heteroatoms. The summed E-state index contributed by atoms with van der Waals surface area (Å²) >= 11 is 5.86. The molecule has 0 amide bonds. The van der Waals surface area contributed by atoms with Crippen LogP contribution in [0.15, 0.2) is 36.7 Å². The number of ketones is 1. The molecule has 0 aliphatic rings. The zero-order chi connectivity index (χ0) is 13.1. The maximum atomic E-state index is 11.5. The second-order valence-corrected chi connectivity index (χ2v) is 4.77. The minimum atomic E-state index is 0.0537. The fourth-order valence-corrected chi connectivity index (χ4v) is 2.05. The summed E-state index contributed by atoms with van der Waals surface area (Å²) in [4.78, 5) is 15.6. The van der Waals surface area contributed by atoms with Gasteiger partial charge in [-0.3, -0.25) is 9.78 Å². The molecule has 0 N–H and O–H groups in total. The maximum Gasteiger partial charge on any atom is 0.161 e. The van der Waals surface area contributed by atoms with Crippen molar-refractivity contribution >= 4 is 17.4 Å². The first-order valence-corrected chi connectivity index (χ1v) is 6.14.